The zero-order valence-electron chi connectivity index (χ0n) is 15.8. The van der Waals surface area contributed by atoms with E-state index in [4.69, 9.17) is 9.47 Å². The minimum absolute atomic E-state index is 0.143. The average molecular weight is 401 g/mol. The molecule has 0 unspecified atom stereocenters. The van der Waals surface area contributed by atoms with Crippen LogP contribution >= 0.6 is 11.8 Å². The van der Waals surface area contributed by atoms with Crippen molar-refractivity contribution < 1.29 is 19.1 Å². The van der Waals surface area contributed by atoms with Crippen LogP contribution in [0.5, 0.6) is 5.75 Å². The van der Waals surface area contributed by atoms with Gasteiger partial charge < -0.3 is 19.7 Å². The number of thioether (sulfide) groups is 1. The number of nitrogens with zero attached hydrogens (tertiary/aromatic N) is 1. The Labute approximate surface area is 169 Å². The van der Waals surface area contributed by atoms with Crippen molar-refractivity contribution in [1.29, 1.82) is 0 Å². The quantitative estimate of drug-likeness (QED) is 0.540. The van der Waals surface area contributed by atoms with E-state index in [1.165, 1.54) is 24.6 Å². The largest absolute Gasteiger partial charge is 0.497 e. The van der Waals surface area contributed by atoms with Crippen LogP contribution in [0.1, 0.15) is 12.8 Å². The first-order valence-corrected chi connectivity index (χ1v) is 10.2. The summed E-state index contributed by atoms with van der Waals surface area (Å²) in [6, 6.07) is 15.1. The number of hydrogen-bond acceptors (Lipinski definition) is 6. The van der Waals surface area contributed by atoms with Crippen molar-refractivity contribution in [1.82, 2.24) is 0 Å². The predicted octanol–water partition coefficient (Wildman–Crippen LogP) is 3.57. The maximum atomic E-state index is 12.0. The number of ether oxygens (including phenoxy) is 2. The molecule has 2 aromatic carbocycles. The summed E-state index contributed by atoms with van der Waals surface area (Å²) in [7, 11) is 1.60. The normalized spacial score (nSPS) is 13.2. The lowest BCUT2D eigenvalue weighted by molar-refractivity contribution is -0.144. The third-order valence-corrected chi connectivity index (χ3v) is 5.39. The highest BCUT2D eigenvalue weighted by Gasteiger charge is 2.13. The van der Waals surface area contributed by atoms with E-state index in [0.29, 0.717) is 5.69 Å². The fourth-order valence-electron chi connectivity index (χ4n) is 2.93. The van der Waals surface area contributed by atoms with Crippen molar-refractivity contribution in [2.24, 2.45) is 0 Å². The smallest absolute Gasteiger partial charge is 0.316 e. The fraction of sp³-hybridized carbons (Fsp3) is 0.333. The molecule has 0 aromatic heterocycles. The molecule has 28 heavy (non-hydrogen) atoms. The van der Waals surface area contributed by atoms with Gasteiger partial charge in [0.2, 0.25) is 0 Å². The highest BCUT2D eigenvalue weighted by Crippen LogP contribution is 2.22. The summed E-state index contributed by atoms with van der Waals surface area (Å²) in [6.07, 6.45) is 2.45. The maximum Gasteiger partial charge on any atom is 0.316 e. The zero-order chi connectivity index (χ0) is 19.8. The second-order valence-corrected chi connectivity index (χ2v) is 7.46. The van der Waals surface area contributed by atoms with Gasteiger partial charge in [-0.3, -0.25) is 9.59 Å². The van der Waals surface area contributed by atoms with Crippen molar-refractivity contribution in [3.8, 4) is 5.75 Å². The van der Waals surface area contributed by atoms with Gasteiger partial charge in [0.25, 0.3) is 5.91 Å². The highest BCUT2D eigenvalue weighted by molar-refractivity contribution is 8.00. The van der Waals surface area contributed by atoms with Gasteiger partial charge in [0, 0.05) is 29.4 Å². The number of nitrogens with one attached hydrogen (secondary N) is 1. The van der Waals surface area contributed by atoms with E-state index in [-0.39, 0.29) is 18.3 Å². The van der Waals surface area contributed by atoms with Crippen molar-refractivity contribution in [3.05, 3.63) is 48.5 Å². The number of amides is 1. The first-order valence-electron chi connectivity index (χ1n) is 9.21. The minimum atomic E-state index is -0.430. The summed E-state index contributed by atoms with van der Waals surface area (Å²) in [4.78, 5) is 27.1. The molecule has 0 radical (unpaired) electrons. The second kappa shape index (κ2) is 10.0. The van der Waals surface area contributed by atoms with Crippen LogP contribution in [0.4, 0.5) is 11.4 Å². The summed E-state index contributed by atoms with van der Waals surface area (Å²) in [5, 5.41) is 2.75. The Morgan fingerprint density at radius 3 is 2.36 bits per heavy atom. The predicted molar refractivity (Wildman–Crippen MR) is 111 cm³/mol. The molecule has 1 aliphatic rings. The van der Waals surface area contributed by atoms with Crippen LogP contribution in [0.2, 0.25) is 0 Å². The van der Waals surface area contributed by atoms with Gasteiger partial charge >= 0.3 is 5.97 Å². The lowest BCUT2D eigenvalue weighted by Crippen LogP contribution is -2.22. The van der Waals surface area contributed by atoms with E-state index in [0.717, 1.165) is 29.4 Å². The minimum Gasteiger partial charge on any atom is -0.497 e. The van der Waals surface area contributed by atoms with Gasteiger partial charge in [-0.25, -0.2) is 0 Å². The van der Waals surface area contributed by atoms with E-state index in [1.807, 2.05) is 48.5 Å². The molecule has 7 heteroatoms. The van der Waals surface area contributed by atoms with Gasteiger partial charge in [-0.1, -0.05) is 0 Å². The molecular formula is C21H24N2O4S. The number of esters is 1. The van der Waals surface area contributed by atoms with Gasteiger partial charge in [-0.15, -0.1) is 11.8 Å². The van der Waals surface area contributed by atoms with E-state index < -0.39 is 5.97 Å². The summed E-state index contributed by atoms with van der Waals surface area (Å²) < 4.78 is 10.1. The van der Waals surface area contributed by atoms with Gasteiger partial charge in [0.15, 0.2) is 6.61 Å². The summed E-state index contributed by atoms with van der Waals surface area (Å²) in [5.41, 5.74) is 1.86. The number of benzene rings is 2. The average Bonchev–Trinajstić information content (AvgIpc) is 3.26. The molecule has 2 aromatic rings. The Balaban J connectivity index is 1.37. The van der Waals surface area contributed by atoms with Crippen molar-refractivity contribution in [2.45, 2.75) is 17.7 Å². The van der Waals surface area contributed by atoms with Crippen LogP contribution in [0.3, 0.4) is 0 Å². The van der Waals surface area contributed by atoms with E-state index >= 15 is 0 Å². The van der Waals surface area contributed by atoms with Crippen molar-refractivity contribution in [2.75, 3.05) is 42.8 Å². The first-order chi connectivity index (χ1) is 13.6. The van der Waals surface area contributed by atoms with E-state index in [9.17, 15) is 9.59 Å². The number of anilines is 2. The van der Waals surface area contributed by atoms with Crippen LogP contribution in [0.25, 0.3) is 0 Å². The Morgan fingerprint density at radius 2 is 1.71 bits per heavy atom. The topological polar surface area (TPSA) is 67.9 Å². The van der Waals surface area contributed by atoms with Crippen LogP contribution in [0, 0.1) is 0 Å². The molecule has 3 rings (SSSR count). The Bertz CT molecular complexity index is 787. The number of hydrogen-bond donors (Lipinski definition) is 1. The number of rotatable bonds is 8. The second-order valence-electron chi connectivity index (χ2n) is 6.41. The molecule has 6 nitrogen and oxygen atoms in total. The lowest BCUT2D eigenvalue weighted by atomic mass is 10.2. The summed E-state index contributed by atoms with van der Waals surface area (Å²) in [6.45, 7) is 1.86. The molecule has 0 atom stereocenters. The van der Waals surface area contributed by atoms with Crippen molar-refractivity contribution in [3.63, 3.8) is 0 Å². The Hall–Kier alpha value is -2.67. The standard InChI is InChI=1S/C21H24N2O4S/c1-26-18-8-10-19(11-9-18)28-15-21(25)27-14-20(24)22-16-4-6-17(7-5-16)23-12-2-3-13-23/h4-11H,2-3,12-15H2,1H3,(H,22,24). The molecule has 148 valence electrons. The molecule has 0 aliphatic carbocycles. The zero-order valence-corrected chi connectivity index (χ0v) is 16.7. The van der Waals surface area contributed by atoms with Gasteiger partial charge in [0.05, 0.1) is 12.9 Å². The molecule has 1 fully saturated rings. The Kier molecular flexibility index (Phi) is 7.19. The van der Waals surface area contributed by atoms with Crippen LogP contribution < -0.4 is 15.0 Å². The molecule has 0 spiro atoms. The molecule has 1 aliphatic heterocycles. The molecule has 1 saturated heterocycles. The van der Waals surface area contributed by atoms with Crippen LogP contribution in [0.15, 0.2) is 53.4 Å². The third kappa shape index (κ3) is 5.92. The monoisotopic (exact) mass is 400 g/mol. The summed E-state index contributed by atoms with van der Waals surface area (Å²) >= 11 is 1.35. The molecule has 0 saturated carbocycles. The molecule has 0 bridgehead atoms. The third-order valence-electron chi connectivity index (χ3n) is 4.40. The molecule has 1 N–H and O–H groups in total. The summed E-state index contributed by atoms with van der Waals surface area (Å²) in [5.74, 6) is 0.124. The molecule has 1 amide bonds. The Morgan fingerprint density at radius 1 is 1.04 bits per heavy atom. The van der Waals surface area contributed by atoms with Crippen molar-refractivity contribution >= 4 is 35.0 Å². The molecule has 1 heterocycles. The van der Waals surface area contributed by atoms with Crippen LogP contribution in [-0.2, 0) is 14.3 Å². The van der Waals surface area contributed by atoms with E-state index in [1.54, 1.807) is 7.11 Å². The SMILES string of the molecule is COc1ccc(SCC(=O)OCC(=O)Nc2ccc(N3CCCC3)cc2)cc1. The highest BCUT2D eigenvalue weighted by atomic mass is 32.2. The maximum absolute atomic E-state index is 12.0. The van der Waals surface area contributed by atoms with Gasteiger partial charge in [-0.2, -0.15) is 0 Å². The first kappa shape index (κ1) is 20.1. The lowest BCUT2D eigenvalue weighted by Gasteiger charge is -2.17. The number of carbonyl (C=O) groups is 2. The van der Waals surface area contributed by atoms with Gasteiger partial charge in [-0.05, 0) is 61.4 Å². The number of methoxy groups -OCH3 is 1. The van der Waals surface area contributed by atoms with E-state index in [2.05, 4.69) is 10.2 Å². The molecular weight excluding hydrogens is 376 g/mol. The number of carbonyl (C=O) groups excluding carboxylic acids is 2. The van der Waals surface area contributed by atoms with Gasteiger partial charge in [0.1, 0.15) is 5.75 Å². The van der Waals surface area contributed by atoms with Crippen LogP contribution in [-0.4, -0.2) is 44.4 Å². The fourth-order valence-corrected chi connectivity index (χ4v) is 3.63.